The molecule has 112 valence electrons. The van der Waals surface area contributed by atoms with Crippen molar-refractivity contribution < 1.29 is 14.3 Å². The maximum absolute atomic E-state index is 11.5. The van der Waals surface area contributed by atoms with Gasteiger partial charge in [0, 0.05) is 25.0 Å². The highest BCUT2D eigenvalue weighted by atomic mass is 32.2. The first-order chi connectivity index (χ1) is 9.10. The number of hydrogen-bond donors (Lipinski definition) is 1. The van der Waals surface area contributed by atoms with E-state index in [1.54, 1.807) is 11.8 Å². The molecule has 19 heavy (non-hydrogen) atoms. The zero-order valence-electron chi connectivity index (χ0n) is 12.4. The van der Waals surface area contributed by atoms with E-state index in [0.29, 0.717) is 25.5 Å². The molecule has 0 aromatic carbocycles. The standard InChI is InChI=1S/C14H27NO3S/c1-4-6-13(5-2)11-18-14(17)7-9-19-10-8-15-12(3)16/h13H,4-11H2,1-3H3,(H,15,16). The molecule has 0 aliphatic rings. The summed E-state index contributed by atoms with van der Waals surface area (Å²) >= 11 is 1.66. The molecule has 0 aliphatic carbocycles. The highest BCUT2D eigenvalue weighted by molar-refractivity contribution is 7.99. The van der Waals surface area contributed by atoms with Gasteiger partial charge in [0.2, 0.25) is 5.91 Å². The molecule has 0 saturated carbocycles. The van der Waals surface area contributed by atoms with Crippen LogP contribution in [0.2, 0.25) is 0 Å². The topological polar surface area (TPSA) is 55.4 Å². The third-order valence-corrected chi connectivity index (χ3v) is 3.81. The average molecular weight is 289 g/mol. The minimum Gasteiger partial charge on any atom is -0.465 e. The van der Waals surface area contributed by atoms with Gasteiger partial charge >= 0.3 is 5.97 Å². The predicted octanol–water partition coefficient (Wildman–Crippen LogP) is 2.62. The van der Waals surface area contributed by atoms with Crippen LogP contribution >= 0.6 is 11.8 Å². The lowest BCUT2D eigenvalue weighted by atomic mass is 10.0. The van der Waals surface area contributed by atoms with Gasteiger partial charge in [0.05, 0.1) is 13.0 Å². The highest BCUT2D eigenvalue weighted by Gasteiger charge is 2.09. The van der Waals surface area contributed by atoms with Gasteiger partial charge in [-0.1, -0.05) is 26.7 Å². The summed E-state index contributed by atoms with van der Waals surface area (Å²) in [6.45, 7) is 6.99. The van der Waals surface area contributed by atoms with Crippen LogP contribution in [-0.2, 0) is 14.3 Å². The highest BCUT2D eigenvalue weighted by Crippen LogP contribution is 2.11. The molecule has 0 fully saturated rings. The molecule has 0 spiro atoms. The molecule has 0 radical (unpaired) electrons. The molecule has 1 amide bonds. The number of esters is 1. The molecule has 0 bridgehead atoms. The monoisotopic (exact) mass is 289 g/mol. The van der Waals surface area contributed by atoms with Crippen LogP contribution in [0.15, 0.2) is 0 Å². The Kier molecular flexibility index (Phi) is 11.9. The predicted molar refractivity (Wildman–Crippen MR) is 80.3 cm³/mol. The Morgan fingerprint density at radius 2 is 2.00 bits per heavy atom. The molecule has 0 rings (SSSR count). The second-order valence-electron chi connectivity index (χ2n) is 4.59. The molecule has 5 heteroatoms. The van der Waals surface area contributed by atoms with Gasteiger partial charge in [-0.25, -0.2) is 0 Å². The summed E-state index contributed by atoms with van der Waals surface area (Å²) in [5, 5.41) is 2.72. The van der Waals surface area contributed by atoms with Crippen LogP contribution in [0.4, 0.5) is 0 Å². The first-order valence-corrected chi connectivity index (χ1v) is 8.23. The smallest absolute Gasteiger partial charge is 0.306 e. The maximum atomic E-state index is 11.5. The Bertz CT molecular complexity index is 259. The zero-order valence-corrected chi connectivity index (χ0v) is 13.2. The lowest BCUT2D eigenvalue weighted by molar-refractivity contribution is -0.144. The van der Waals surface area contributed by atoms with E-state index in [1.165, 1.54) is 6.92 Å². The normalized spacial score (nSPS) is 11.9. The number of amides is 1. The van der Waals surface area contributed by atoms with E-state index in [0.717, 1.165) is 30.8 Å². The van der Waals surface area contributed by atoms with Gasteiger partial charge in [-0.2, -0.15) is 11.8 Å². The number of nitrogens with one attached hydrogen (secondary N) is 1. The van der Waals surface area contributed by atoms with E-state index >= 15 is 0 Å². The van der Waals surface area contributed by atoms with Crippen LogP contribution < -0.4 is 5.32 Å². The van der Waals surface area contributed by atoms with Crippen molar-refractivity contribution in [2.75, 3.05) is 24.7 Å². The zero-order chi connectivity index (χ0) is 14.5. The molecule has 4 nitrogen and oxygen atoms in total. The molecule has 0 aromatic rings. The first-order valence-electron chi connectivity index (χ1n) is 7.07. The van der Waals surface area contributed by atoms with Gasteiger partial charge in [-0.15, -0.1) is 0 Å². The van der Waals surface area contributed by atoms with Gasteiger partial charge in [-0.05, 0) is 12.3 Å². The fourth-order valence-corrected chi connectivity index (χ4v) is 2.41. The molecule has 0 heterocycles. The second-order valence-corrected chi connectivity index (χ2v) is 5.82. The van der Waals surface area contributed by atoms with Gasteiger partial charge in [0.25, 0.3) is 0 Å². The lowest BCUT2D eigenvalue weighted by Crippen LogP contribution is -2.22. The van der Waals surface area contributed by atoms with Crippen LogP contribution in [0.3, 0.4) is 0 Å². The number of ether oxygens (including phenoxy) is 1. The summed E-state index contributed by atoms with van der Waals surface area (Å²) in [6.07, 6.45) is 3.77. The van der Waals surface area contributed by atoms with Gasteiger partial charge in [0.1, 0.15) is 0 Å². The number of rotatable bonds is 11. The van der Waals surface area contributed by atoms with Crippen LogP contribution in [0.5, 0.6) is 0 Å². The average Bonchev–Trinajstić information content (AvgIpc) is 2.38. The summed E-state index contributed by atoms with van der Waals surface area (Å²) in [7, 11) is 0. The fourth-order valence-electron chi connectivity index (χ4n) is 1.65. The largest absolute Gasteiger partial charge is 0.465 e. The molecule has 0 aliphatic heterocycles. The number of carbonyl (C=O) groups is 2. The Labute approximate surface area is 121 Å². The Morgan fingerprint density at radius 1 is 1.26 bits per heavy atom. The first kappa shape index (κ1) is 18.3. The minimum absolute atomic E-state index is 0.0125. The number of thioether (sulfide) groups is 1. The van der Waals surface area contributed by atoms with Crippen molar-refractivity contribution >= 4 is 23.6 Å². The number of carbonyl (C=O) groups excluding carboxylic acids is 2. The van der Waals surface area contributed by atoms with Crippen molar-refractivity contribution in [3.05, 3.63) is 0 Å². The van der Waals surface area contributed by atoms with Crippen molar-refractivity contribution in [2.24, 2.45) is 5.92 Å². The van der Waals surface area contributed by atoms with Crippen LogP contribution in [-0.4, -0.2) is 36.5 Å². The molecule has 0 saturated heterocycles. The van der Waals surface area contributed by atoms with E-state index in [1.807, 2.05) is 0 Å². The van der Waals surface area contributed by atoms with Crippen LogP contribution in [0, 0.1) is 5.92 Å². The fraction of sp³-hybridized carbons (Fsp3) is 0.857. The third-order valence-electron chi connectivity index (χ3n) is 2.83. The summed E-state index contributed by atoms with van der Waals surface area (Å²) in [5.41, 5.74) is 0. The van der Waals surface area contributed by atoms with Crippen molar-refractivity contribution in [1.82, 2.24) is 5.32 Å². The van der Waals surface area contributed by atoms with E-state index < -0.39 is 0 Å². The van der Waals surface area contributed by atoms with Gasteiger partial charge in [0.15, 0.2) is 0 Å². The quantitative estimate of drug-likeness (QED) is 0.469. The minimum atomic E-state index is -0.110. The molecule has 1 N–H and O–H groups in total. The van der Waals surface area contributed by atoms with Crippen molar-refractivity contribution in [3.63, 3.8) is 0 Å². The van der Waals surface area contributed by atoms with E-state index in [-0.39, 0.29) is 11.9 Å². The Morgan fingerprint density at radius 3 is 2.58 bits per heavy atom. The molecule has 1 atom stereocenters. The molecular weight excluding hydrogens is 262 g/mol. The molecule has 0 aromatic heterocycles. The van der Waals surface area contributed by atoms with Gasteiger partial charge in [-0.3, -0.25) is 9.59 Å². The molecular formula is C14H27NO3S. The van der Waals surface area contributed by atoms with Crippen molar-refractivity contribution in [3.8, 4) is 0 Å². The molecule has 1 unspecified atom stereocenters. The summed E-state index contributed by atoms with van der Waals surface area (Å²) in [4.78, 5) is 22.1. The Balaban J connectivity index is 3.46. The Hall–Kier alpha value is -0.710. The summed E-state index contributed by atoms with van der Waals surface area (Å²) in [6, 6.07) is 0. The third kappa shape index (κ3) is 12.1. The summed E-state index contributed by atoms with van der Waals surface area (Å²) < 4.78 is 5.27. The van der Waals surface area contributed by atoms with Crippen molar-refractivity contribution in [2.45, 2.75) is 46.5 Å². The van der Waals surface area contributed by atoms with E-state index in [9.17, 15) is 9.59 Å². The SMILES string of the molecule is CCCC(CC)COC(=O)CCSCCNC(C)=O. The van der Waals surface area contributed by atoms with Crippen LogP contribution in [0.25, 0.3) is 0 Å². The van der Waals surface area contributed by atoms with Crippen molar-refractivity contribution in [1.29, 1.82) is 0 Å². The summed E-state index contributed by atoms with van der Waals surface area (Å²) in [5.74, 6) is 1.97. The van der Waals surface area contributed by atoms with Gasteiger partial charge < -0.3 is 10.1 Å². The lowest BCUT2D eigenvalue weighted by Gasteiger charge is -2.13. The second kappa shape index (κ2) is 12.3. The van der Waals surface area contributed by atoms with E-state index in [2.05, 4.69) is 19.2 Å². The number of hydrogen-bond acceptors (Lipinski definition) is 4. The van der Waals surface area contributed by atoms with E-state index in [4.69, 9.17) is 4.74 Å². The van der Waals surface area contributed by atoms with Crippen LogP contribution in [0.1, 0.15) is 46.5 Å². The maximum Gasteiger partial charge on any atom is 0.306 e.